The number of ether oxygens (including phenoxy) is 2. The van der Waals surface area contributed by atoms with Gasteiger partial charge in [-0.2, -0.15) is 0 Å². The average molecular weight is 583 g/mol. The molecule has 0 saturated carbocycles. The molecule has 7 nitrogen and oxygen atoms in total. The molecular formula is C32H26N2O5S2. The number of para-hydroxylation sites is 1. The molecule has 1 amide bonds. The molecular weight excluding hydrogens is 556 g/mol. The number of esters is 2. The number of anilines is 1. The van der Waals surface area contributed by atoms with Gasteiger partial charge in [0.2, 0.25) is 0 Å². The van der Waals surface area contributed by atoms with Crippen LogP contribution in [0.25, 0.3) is 20.8 Å². The van der Waals surface area contributed by atoms with E-state index in [1.807, 2.05) is 54.6 Å². The molecule has 5 aromatic rings. The van der Waals surface area contributed by atoms with Crippen molar-refractivity contribution in [1.29, 1.82) is 0 Å². The summed E-state index contributed by atoms with van der Waals surface area (Å²) >= 11 is 2.87. The molecule has 0 aliphatic heterocycles. The molecule has 0 fully saturated rings. The molecule has 2 aromatic heterocycles. The lowest BCUT2D eigenvalue weighted by Gasteiger charge is -2.22. The van der Waals surface area contributed by atoms with Crippen LogP contribution in [0.1, 0.15) is 49.1 Å². The summed E-state index contributed by atoms with van der Waals surface area (Å²) in [6.45, 7) is -0.497. The number of hydrogen-bond acceptors (Lipinski definition) is 8. The second kappa shape index (κ2) is 11.6. The molecule has 41 heavy (non-hydrogen) atoms. The van der Waals surface area contributed by atoms with E-state index in [-0.39, 0.29) is 0 Å². The number of amides is 1. The van der Waals surface area contributed by atoms with Crippen molar-refractivity contribution < 1.29 is 23.9 Å². The zero-order valence-corrected chi connectivity index (χ0v) is 23.8. The summed E-state index contributed by atoms with van der Waals surface area (Å²) in [5.74, 6) is -1.30. The Balaban J connectivity index is 1.17. The summed E-state index contributed by atoms with van der Waals surface area (Å²) in [4.78, 5) is 44.4. The van der Waals surface area contributed by atoms with Gasteiger partial charge in [0, 0.05) is 10.4 Å². The number of nitrogens with zero attached hydrogens (tertiary/aromatic N) is 1. The Morgan fingerprint density at radius 2 is 1.68 bits per heavy atom. The van der Waals surface area contributed by atoms with E-state index in [9.17, 15) is 14.4 Å². The molecule has 1 aliphatic carbocycles. The number of methoxy groups -OCH3 is 1. The Kier molecular flexibility index (Phi) is 7.63. The SMILES string of the molecule is COC(=O)c1c(NC(=O)COC(=O)c2ccccc2-c2nc3ccccc3s2)sc2c1CCC(c1ccccc1)C2. The number of thiophene rings is 1. The van der Waals surface area contributed by atoms with Gasteiger partial charge in [-0.3, -0.25) is 4.79 Å². The highest BCUT2D eigenvalue weighted by molar-refractivity contribution is 7.21. The van der Waals surface area contributed by atoms with Crippen molar-refractivity contribution in [3.63, 3.8) is 0 Å². The summed E-state index contributed by atoms with van der Waals surface area (Å²) < 4.78 is 11.5. The highest BCUT2D eigenvalue weighted by Gasteiger charge is 2.31. The molecule has 0 radical (unpaired) electrons. The zero-order valence-electron chi connectivity index (χ0n) is 22.2. The average Bonchev–Trinajstić information content (AvgIpc) is 3.60. The fourth-order valence-electron chi connectivity index (χ4n) is 5.21. The summed E-state index contributed by atoms with van der Waals surface area (Å²) in [6, 6.07) is 25.1. The Morgan fingerprint density at radius 1 is 0.927 bits per heavy atom. The van der Waals surface area contributed by atoms with Gasteiger partial charge in [-0.05, 0) is 54.5 Å². The Hall–Kier alpha value is -4.34. The molecule has 0 saturated heterocycles. The molecule has 0 bridgehead atoms. The second-order valence-corrected chi connectivity index (χ2v) is 11.8. The van der Waals surface area contributed by atoms with E-state index in [1.165, 1.54) is 35.3 Å². The number of aromatic nitrogens is 1. The number of benzene rings is 3. The van der Waals surface area contributed by atoms with Crippen LogP contribution in [-0.4, -0.2) is 36.5 Å². The predicted molar refractivity (Wildman–Crippen MR) is 161 cm³/mol. The van der Waals surface area contributed by atoms with Crippen LogP contribution in [0, 0.1) is 0 Å². The topological polar surface area (TPSA) is 94.6 Å². The van der Waals surface area contributed by atoms with Crippen LogP contribution < -0.4 is 5.32 Å². The lowest BCUT2D eigenvalue weighted by molar-refractivity contribution is -0.119. The van der Waals surface area contributed by atoms with Crippen molar-refractivity contribution in [3.8, 4) is 10.6 Å². The quantitative estimate of drug-likeness (QED) is 0.210. The molecule has 1 N–H and O–H groups in total. The number of nitrogens with one attached hydrogen (secondary N) is 1. The van der Waals surface area contributed by atoms with Crippen molar-refractivity contribution in [1.82, 2.24) is 4.98 Å². The molecule has 0 spiro atoms. The van der Waals surface area contributed by atoms with Crippen LogP contribution in [-0.2, 0) is 27.1 Å². The van der Waals surface area contributed by atoms with Gasteiger partial charge in [-0.25, -0.2) is 14.6 Å². The van der Waals surface area contributed by atoms with E-state index >= 15 is 0 Å². The fourth-order valence-corrected chi connectivity index (χ4v) is 7.55. The summed E-state index contributed by atoms with van der Waals surface area (Å²) in [5, 5.41) is 3.92. The van der Waals surface area contributed by atoms with Gasteiger partial charge >= 0.3 is 11.9 Å². The van der Waals surface area contributed by atoms with Crippen molar-refractivity contribution >= 4 is 55.7 Å². The number of carbonyl (C=O) groups excluding carboxylic acids is 3. The smallest absolute Gasteiger partial charge is 0.341 e. The molecule has 1 unspecified atom stereocenters. The standard InChI is InChI=1S/C32H26N2O5S2/c1-38-32(37)28-23-16-15-20(19-9-3-2-4-10-19)17-26(23)41-30(28)34-27(35)18-39-31(36)22-12-6-5-11-21(22)29-33-24-13-7-8-14-25(24)40-29/h2-14,20H,15-18H2,1H3,(H,34,35). The number of carbonyl (C=O) groups is 3. The number of rotatable bonds is 7. The maximum absolute atomic E-state index is 13.1. The van der Waals surface area contributed by atoms with Gasteiger partial charge in [-0.15, -0.1) is 22.7 Å². The van der Waals surface area contributed by atoms with Crippen LogP contribution in [0.4, 0.5) is 5.00 Å². The van der Waals surface area contributed by atoms with Gasteiger partial charge in [-0.1, -0.05) is 60.7 Å². The first-order chi connectivity index (χ1) is 20.0. The largest absolute Gasteiger partial charge is 0.465 e. The monoisotopic (exact) mass is 582 g/mol. The first-order valence-electron chi connectivity index (χ1n) is 13.2. The van der Waals surface area contributed by atoms with Crippen molar-refractivity contribution in [3.05, 3.63) is 106 Å². The third kappa shape index (κ3) is 5.51. The first kappa shape index (κ1) is 26.9. The molecule has 6 rings (SSSR count). The lowest BCUT2D eigenvalue weighted by atomic mass is 9.83. The maximum atomic E-state index is 13.1. The number of hydrogen-bond donors (Lipinski definition) is 1. The Labute approximate surface area is 244 Å². The van der Waals surface area contributed by atoms with E-state index in [0.717, 1.165) is 33.5 Å². The summed E-state index contributed by atoms with van der Waals surface area (Å²) in [6.07, 6.45) is 2.39. The highest BCUT2D eigenvalue weighted by atomic mass is 32.1. The van der Waals surface area contributed by atoms with E-state index < -0.39 is 24.5 Å². The van der Waals surface area contributed by atoms with Gasteiger partial charge in [0.15, 0.2) is 6.61 Å². The van der Waals surface area contributed by atoms with E-state index in [4.69, 9.17) is 9.47 Å². The predicted octanol–water partition coefficient (Wildman–Crippen LogP) is 6.88. The van der Waals surface area contributed by atoms with Gasteiger partial charge < -0.3 is 14.8 Å². The lowest BCUT2D eigenvalue weighted by Crippen LogP contribution is -2.22. The minimum atomic E-state index is -0.626. The second-order valence-electron chi connectivity index (χ2n) is 9.71. The Morgan fingerprint density at radius 3 is 2.49 bits per heavy atom. The van der Waals surface area contributed by atoms with Gasteiger partial charge in [0.05, 0.1) is 28.5 Å². The van der Waals surface area contributed by atoms with Gasteiger partial charge in [0.1, 0.15) is 10.0 Å². The van der Waals surface area contributed by atoms with E-state index in [2.05, 4.69) is 22.4 Å². The van der Waals surface area contributed by atoms with Crippen LogP contribution in [0.2, 0.25) is 0 Å². The minimum Gasteiger partial charge on any atom is -0.465 e. The summed E-state index contributed by atoms with van der Waals surface area (Å²) in [7, 11) is 1.33. The maximum Gasteiger partial charge on any atom is 0.341 e. The molecule has 9 heteroatoms. The first-order valence-corrected chi connectivity index (χ1v) is 14.8. The molecule has 2 heterocycles. The highest BCUT2D eigenvalue weighted by Crippen LogP contribution is 2.42. The van der Waals surface area contributed by atoms with Crippen molar-refractivity contribution in [2.45, 2.75) is 25.2 Å². The van der Waals surface area contributed by atoms with E-state index in [1.54, 1.807) is 12.1 Å². The van der Waals surface area contributed by atoms with Crippen LogP contribution in [0.5, 0.6) is 0 Å². The van der Waals surface area contributed by atoms with Gasteiger partial charge in [0.25, 0.3) is 5.91 Å². The van der Waals surface area contributed by atoms with Crippen LogP contribution >= 0.6 is 22.7 Å². The normalized spacial score (nSPS) is 14.3. The van der Waals surface area contributed by atoms with Crippen LogP contribution in [0.3, 0.4) is 0 Å². The van der Waals surface area contributed by atoms with Crippen molar-refractivity contribution in [2.75, 3.05) is 19.0 Å². The zero-order chi connectivity index (χ0) is 28.3. The molecule has 206 valence electrons. The molecule has 1 aliphatic rings. The van der Waals surface area contributed by atoms with Crippen LogP contribution in [0.15, 0.2) is 78.9 Å². The molecule has 1 atom stereocenters. The third-order valence-corrected chi connectivity index (χ3v) is 9.42. The third-order valence-electron chi connectivity index (χ3n) is 7.18. The summed E-state index contributed by atoms with van der Waals surface area (Å²) in [5.41, 5.74) is 4.39. The minimum absolute atomic E-state index is 0.327. The van der Waals surface area contributed by atoms with Crippen molar-refractivity contribution in [2.24, 2.45) is 0 Å². The fraction of sp³-hybridized carbons (Fsp3) is 0.188. The van der Waals surface area contributed by atoms with E-state index in [0.29, 0.717) is 39.0 Å². The number of fused-ring (bicyclic) bond motifs is 2. The Bertz CT molecular complexity index is 1730. The number of thiazole rings is 1. The molecule has 3 aromatic carbocycles.